The first-order chi connectivity index (χ1) is 27.8. The van der Waals surface area contributed by atoms with Crippen molar-refractivity contribution in [3.63, 3.8) is 0 Å². The number of nitrogens with zero attached hydrogens (tertiary/aromatic N) is 5. The van der Waals surface area contributed by atoms with E-state index < -0.39 is 0 Å². The molecule has 8 aromatic carbocycles. The molecule has 11 aromatic rings. The minimum atomic E-state index is 0.635. The Balaban J connectivity index is 1.09. The fraction of sp³-hybridized carbons (Fsp3) is 0. The van der Waals surface area contributed by atoms with Crippen molar-refractivity contribution in [2.75, 3.05) is 0 Å². The van der Waals surface area contributed by atoms with Crippen molar-refractivity contribution < 1.29 is 0 Å². The number of fused-ring (bicyclic) bond motifs is 7. The molecular formula is C51H33N5. The standard InChI is InChI=1S/C51H33N5/c1-4-14-34(15-5-1)35-24-28-40(29-25-35)56-44-22-12-10-20-41(44)42-32-33-46-47(48(42)56)43-21-11-13-23-45(43)55(46)39-30-26-38(27-31-39)51-53-49(36-16-6-2-7-17-36)52-50(54-51)37-18-8-3-9-19-37/h1-33H. The molecule has 0 bridgehead atoms. The Morgan fingerprint density at radius 3 is 1.25 bits per heavy atom. The number of benzene rings is 8. The first-order valence-corrected chi connectivity index (χ1v) is 18.9. The molecule has 56 heavy (non-hydrogen) atoms. The number of hydrogen-bond donors (Lipinski definition) is 0. The van der Waals surface area contributed by atoms with Gasteiger partial charge in [0, 0.05) is 49.6 Å². The molecule has 262 valence electrons. The maximum absolute atomic E-state index is 4.98. The van der Waals surface area contributed by atoms with Crippen LogP contribution >= 0.6 is 0 Å². The molecular weight excluding hydrogens is 683 g/mol. The monoisotopic (exact) mass is 715 g/mol. The van der Waals surface area contributed by atoms with E-state index in [0.29, 0.717) is 17.5 Å². The predicted molar refractivity (Wildman–Crippen MR) is 230 cm³/mol. The van der Waals surface area contributed by atoms with Crippen LogP contribution in [-0.2, 0) is 0 Å². The normalized spacial score (nSPS) is 11.6. The molecule has 0 N–H and O–H groups in total. The van der Waals surface area contributed by atoms with Crippen LogP contribution in [0.4, 0.5) is 0 Å². The minimum Gasteiger partial charge on any atom is -0.309 e. The molecule has 0 spiro atoms. The minimum absolute atomic E-state index is 0.635. The largest absolute Gasteiger partial charge is 0.309 e. The molecule has 0 unspecified atom stereocenters. The van der Waals surface area contributed by atoms with Crippen LogP contribution in [0.15, 0.2) is 200 Å². The number of aromatic nitrogens is 5. The van der Waals surface area contributed by atoms with Crippen LogP contribution in [-0.4, -0.2) is 24.1 Å². The molecule has 3 aromatic heterocycles. The van der Waals surface area contributed by atoms with Crippen molar-refractivity contribution in [3.05, 3.63) is 200 Å². The van der Waals surface area contributed by atoms with Crippen molar-refractivity contribution >= 4 is 43.6 Å². The van der Waals surface area contributed by atoms with Gasteiger partial charge < -0.3 is 9.13 Å². The van der Waals surface area contributed by atoms with Crippen molar-refractivity contribution in [2.45, 2.75) is 0 Å². The lowest BCUT2D eigenvalue weighted by molar-refractivity contribution is 1.07. The van der Waals surface area contributed by atoms with E-state index in [-0.39, 0.29) is 0 Å². The summed E-state index contributed by atoms with van der Waals surface area (Å²) >= 11 is 0. The lowest BCUT2D eigenvalue weighted by atomic mass is 10.1. The van der Waals surface area contributed by atoms with Gasteiger partial charge in [0.15, 0.2) is 17.5 Å². The Labute approximate surface area is 323 Å². The van der Waals surface area contributed by atoms with Crippen LogP contribution in [0.5, 0.6) is 0 Å². The molecule has 5 heteroatoms. The van der Waals surface area contributed by atoms with Gasteiger partial charge in [0.25, 0.3) is 0 Å². The van der Waals surface area contributed by atoms with E-state index in [9.17, 15) is 0 Å². The molecule has 5 nitrogen and oxygen atoms in total. The molecule has 0 radical (unpaired) electrons. The third kappa shape index (κ3) is 5.21. The van der Waals surface area contributed by atoms with Gasteiger partial charge in [-0.1, -0.05) is 146 Å². The number of hydrogen-bond acceptors (Lipinski definition) is 3. The second-order valence-corrected chi connectivity index (χ2v) is 14.1. The summed E-state index contributed by atoms with van der Waals surface area (Å²) in [7, 11) is 0. The van der Waals surface area contributed by atoms with Crippen LogP contribution in [0.1, 0.15) is 0 Å². The summed E-state index contributed by atoms with van der Waals surface area (Å²) in [6.45, 7) is 0. The molecule has 0 atom stereocenters. The molecule has 3 heterocycles. The third-order valence-corrected chi connectivity index (χ3v) is 10.8. The van der Waals surface area contributed by atoms with Gasteiger partial charge in [0.1, 0.15) is 0 Å². The predicted octanol–water partition coefficient (Wildman–Crippen LogP) is 12.7. The Morgan fingerprint density at radius 2 is 0.679 bits per heavy atom. The molecule has 0 aliphatic rings. The molecule has 0 fully saturated rings. The van der Waals surface area contributed by atoms with Gasteiger partial charge in [-0.25, -0.2) is 15.0 Å². The molecule has 0 saturated carbocycles. The van der Waals surface area contributed by atoms with Crippen molar-refractivity contribution in [2.24, 2.45) is 0 Å². The maximum atomic E-state index is 4.98. The van der Waals surface area contributed by atoms with Gasteiger partial charge in [-0.2, -0.15) is 0 Å². The van der Waals surface area contributed by atoms with E-state index in [1.54, 1.807) is 0 Å². The fourth-order valence-corrected chi connectivity index (χ4v) is 8.19. The van der Waals surface area contributed by atoms with Crippen molar-refractivity contribution in [1.29, 1.82) is 0 Å². The quantitative estimate of drug-likeness (QED) is 0.172. The highest BCUT2D eigenvalue weighted by molar-refractivity contribution is 6.26. The average Bonchev–Trinajstić information content (AvgIpc) is 3.80. The molecule has 0 aliphatic carbocycles. The van der Waals surface area contributed by atoms with Crippen LogP contribution in [0.2, 0.25) is 0 Å². The fourth-order valence-electron chi connectivity index (χ4n) is 8.19. The molecule has 0 aliphatic heterocycles. The number of para-hydroxylation sites is 2. The highest BCUT2D eigenvalue weighted by Crippen LogP contribution is 2.42. The first-order valence-electron chi connectivity index (χ1n) is 18.9. The molecule has 0 amide bonds. The Kier molecular flexibility index (Phi) is 7.42. The van der Waals surface area contributed by atoms with Gasteiger partial charge in [-0.05, 0) is 65.7 Å². The Hall–Kier alpha value is -7.63. The maximum Gasteiger partial charge on any atom is 0.164 e. The van der Waals surface area contributed by atoms with Gasteiger partial charge in [0.05, 0.1) is 22.1 Å². The topological polar surface area (TPSA) is 48.5 Å². The van der Waals surface area contributed by atoms with E-state index in [1.165, 1.54) is 43.7 Å². The summed E-state index contributed by atoms with van der Waals surface area (Å²) in [5, 5.41) is 4.90. The second kappa shape index (κ2) is 13.0. The molecule has 0 saturated heterocycles. The van der Waals surface area contributed by atoms with Crippen molar-refractivity contribution in [1.82, 2.24) is 24.1 Å². The van der Waals surface area contributed by atoms with E-state index in [4.69, 9.17) is 15.0 Å². The average molecular weight is 716 g/mol. The van der Waals surface area contributed by atoms with Gasteiger partial charge in [0.2, 0.25) is 0 Å². The lowest BCUT2D eigenvalue weighted by Crippen LogP contribution is -2.00. The van der Waals surface area contributed by atoms with Crippen LogP contribution in [0.25, 0.3) is 100 Å². The summed E-state index contributed by atoms with van der Waals surface area (Å²) in [5.74, 6) is 1.93. The van der Waals surface area contributed by atoms with E-state index in [1.807, 2.05) is 60.7 Å². The van der Waals surface area contributed by atoms with Crippen LogP contribution in [0, 0.1) is 0 Å². The van der Waals surface area contributed by atoms with Crippen LogP contribution in [0.3, 0.4) is 0 Å². The Bertz CT molecular complexity index is 3140. The van der Waals surface area contributed by atoms with E-state index in [2.05, 4.69) is 149 Å². The van der Waals surface area contributed by atoms with Crippen molar-refractivity contribution in [3.8, 4) is 56.7 Å². The highest BCUT2D eigenvalue weighted by Gasteiger charge is 2.21. The summed E-state index contributed by atoms with van der Waals surface area (Å²) in [4.78, 5) is 14.8. The summed E-state index contributed by atoms with van der Waals surface area (Å²) in [6, 6.07) is 70.4. The lowest BCUT2D eigenvalue weighted by Gasteiger charge is -2.12. The second-order valence-electron chi connectivity index (χ2n) is 14.1. The third-order valence-electron chi connectivity index (χ3n) is 10.8. The van der Waals surface area contributed by atoms with E-state index in [0.717, 1.165) is 39.1 Å². The van der Waals surface area contributed by atoms with Crippen LogP contribution < -0.4 is 0 Å². The molecule has 11 rings (SSSR count). The van der Waals surface area contributed by atoms with E-state index >= 15 is 0 Å². The first kappa shape index (κ1) is 31.9. The number of rotatable bonds is 6. The summed E-state index contributed by atoms with van der Waals surface area (Å²) in [5.41, 5.74) is 12.1. The highest BCUT2D eigenvalue weighted by atomic mass is 15.0. The smallest absolute Gasteiger partial charge is 0.164 e. The zero-order valence-electron chi connectivity index (χ0n) is 30.3. The zero-order valence-corrected chi connectivity index (χ0v) is 30.3. The van der Waals surface area contributed by atoms with Gasteiger partial charge >= 0.3 is 0 Å². The summed E-state index contributed by atoms with van der Waals surface area (Å²) < 4.78 is 4.82. The van der Waals surface area contributed by atoms with Gasteiger partial charge in [-0.15, -0.1) is 0 Å². The van der Waals surface area contributed by atoms with Gasteiger partial charge in [-0.3, -0.25) is 0 Å². The summed E-state index contributed by atoms with van der Waals surface area (Å²) in [6.07, 6.45) is 0. The zero-order chi connectivity index (χ0) is 37.0. The SMILES string of the molecule is c1ccc(-c2ccc(-n3c4ccccc4c4ccc5c(c6ccccc6n5-c5ccc(-c6nc(-c7ccccc7)nc(-c7ccccc7)n6)cc5)c43)cc2)cc1. The Morgan fingerprint density at radius 1 is 0.268 bits per heavy atom.